The maximum absolute atomic E-state index is 12.1. The fraction of sp³-hybridized carbons (Fsp3) is 0.333. The minimum Gasteiger partial charge on any atom is -0.452 e. The highest BCUT2D eigenvalue weighted by Crippen LogP contribution is 2.17. The van der Waals surface area contributed by atoms with Crippen molar-refractivity contribution < 1.29 is 19.1 Å². The van der Waals surface area contributed by atoms with E-state index in [1.807, 2.05) is 38.1 Å². The lowest BCUT2D eigenvalue weighted by atomic mass is 10.0. The number of hydrogen-bond donors (Lipinski definition) is 1. The molecule has 1 atom stereocenters. The summed E-state index contributed by atoms with van der Waals surface area (Å²) in [5, 5.41) is 2.90. The van der Waals surface area contributed by atoms with E-state index in [0.29, 0.717) is 12.2 Å². The van der Waals surface area contributed by atoms with Gasteiger partial charge in [0.1, 0.15) is 0 Å². The van der Waals surface area contributed by atoms with Crippen LogP contribution in [0.2, 0.25) is 0 Å². The Kier molecular flexibility index (Phi) is 7.36. The Morgan fingerprint density at radius 3 is 2.27 bits per heavy atom. The number of amides is 1. The molecular weight excluding hydrogens is 330 g/mol. The van der Waals surface area contributed by atoms with Crippen LogP contribution < -0.4 is 5.32 Å². The molecule has 0 fully saturated rings. The Balaban J connectivity index is 1.86. The van der Waals surface area contributed by atoms with Gasteiger partial charge in [-0.15, -0.1) is 0 Å². The van der Waals surface area contributed by atoms with Crippen LogP contribution in [-0.4, -0.2) is 25.6 Å². The van der Waals surface area contributed by atoms with E-state index in [0.717, 1.165) is 17.5 Å². The summed E-state index contributed by atoms with van der Waals surface area (Å²) in [6, 6.07) is 14.8. The normalized spacial score (nSPS) is 11.7. The monoisotopic (exact) mass is 355 g/mol. The number of carbonyl (C=O) groups excluding carboxylic acids is 2. The predicted molar refractivity (Wildman–Crippen MR) is 99.8 cm³/mol. The summed E-state index contributed by atoms with van der Waals surface area (Å²) in [6.45, 7) is 4.19. The van der Waals surface area contributed by atoms with Crippen LogP contribution in [0.3, 0.4) is 0 Å². The van der Waals surface area contributed by atoms with Crippen LogP contribution in [0.15, 0.2) is 48.5 Å². The maximum atomic E-state index is 12.1. The number of aryl methyl sites for hydroxylation is 1. The lowest BCUT2D eigenvalue weighted by Crippen LogP contribution is -2.32. The fourth-order valence-corrected chi connectivity index (χ4v) is 2.57. The van der Waals surface area contributed by atoms with Gasteiger partial charge in [0.2, 0.25) is 0 Å². The highest BCUT2D eigenvalue weighted by atomic mass is 16.5. The van der Waals surface area contributed by atoms with Crippen LogP contribution in [0.25, 0.3) is 0 Å². The molecule has 5 nitrogen and oxygen atoms in total. The minimum atomic E-state index is -0.521. The predicted octanol–water partition coefficient (Wildman–Crippen LogP) is 3.57. The number of esters is 1. The average Bonchev–Trinajstić information content (AvgIpc) is 2.66. The van der Waals surface area contributed by atoms with E-state index in [-0.39, 0.29) is 18.6 Å². The number of hydrogen-bond acceptors (Lipinski definition) is 4. The van der Waals surface area contributed by atoms with E-state index in [4.69, 9.17) is 9.47 Å². The third-order valence-electron chi connectivity index (χ3n) is 4.06. The highest BCUT2D eigenvalue weighted by molar-refractivity contribution is 5.91. The van der Waals surface area contributed by atoms with Gasteiger partial charge in [-0.25, -0.2) is 4.79 Å². The van der Waals surface area contributed by atoms with Crippen molar-refractivity contribution in [3.63, 3.8) is 0 Å². The Morgan fingerprint density at radius 2 is 1.69 bits per heavy atom. The van der Waals surface area contributed by atoms with Gasteiger partial charge in [0.05, 0.1) is 18.2 Å². The zero-order valence-electron chi connectivity index (χ0n) is 15.5. The van der Waals surface area contributed by atoms with Gasteiger partial charge in [-0.2, -0.15) is 0 Å². The van der Waals surface area contributed by atoms with Crippen LogP contribution in [0, 0.1) is 6.92 Å². The molecule has 0 aliphatic carbocycles. The van der Waals surface area contributed by atoms with Crippen molar-refractivity contribution in [2.24, 2.45) is 0 Å². The van der Waals surface area contributed by atoms with Crippen molar-refractivity contribution in [1.29, 1.82) is 0 Å². The second-order valence-electron chi connectivity index (χ2n) is 6.15. The Bertz CT molecular complexity index is 723. The molecule has 0 unspecified atom stereocenters. The molecule has 0 aromatic heterocycles. The maximum Gasteiger partial charge on any atom is 0.338 e. The third kappa shape index (κ3) is 5.70. The van der Waals surface area contributed by atoms with Crippen molar-refractivity contribution >= 4 is 11.9 Å². The molecule has 0 aliphatic rings. The Labute approximate surface area is 154 Å². The summed E-state index contributed by atoms with van der Waals surface area (Å²) in [6.07, 6.45) is 0.754. The first kappa shape index (κ1) is 19.7. The smallest absolute Gasteiger partial charge is 0.338 e. The summed E-state index contributed by atoms with van der Waals surface area (Å²) >= 11 is 0. The molecule has 1 amide bonds. The zero-order chi connectivity index (χ0) is 18.9. The van der Waals surface area contributed by atoms with E-state index >= 15 is 0 Å². The second-order valence-corrected chi connectivity index (χ2v) is 6.15. The number of rotatable bonds is 8. The molecule has 0 radical (unpaired) electrons. The van der Waals surface area contributed by atoms with Gasteiger partial charge in [0.25, 0.3) is 5.91 Å². The zero-order valence-corrected chi connectivity index (χ0v) is 15.5. The van der Waals surface area contributed by atoms with Crippen molar-refractivity contribution in [2.45, 2.75) is 32.9 Å². The van der Waals surface area contributed by atoms with Gasteiger partial charge < -0.3 is 14.8 Å². The quantitative estimate of drug-likeness (QED) is 0.735. The Hall–Kier alpha value is -2.66. The highest BCUT2D eigenvalue weighted by Gasteiger charge is 2.15. The lowest BCUT2D eigenvalue weighted by molar-refractivity contribution is -0.125. The van der Waals surface area contributed by atoms with Gasteiger partial charge in [-0.3, -0.25) is 4.79 Å². The van der Waals surface area contributed by atoms with Crippen LogP contribution >= 0.6 is 0 Å². The van der Waals surface area contributed by atoms with Crippen LogP contribution in [0.4, 0.5) is 0 Å². The summed E-state index contributed by atoms with van der Waals surface area (Å²) in [5.41, 5.74) is 3.57. The van der Waals surface area contributed by atoms with Gasteiger partial charge >= 0.3 is 5.97 Å². The van der Waals surface area contributed by atoms with Crippen LogP contribution in [0.5, 0.6) is 0 Å². The van der Waals surface area contributed by atoms with Crippen LogP contribution in [0.1, 0.15) is 46.4 Å². The first-order valence-electron chi connectivity index (χ1n) is 8.64. The van der Waals surface area contributed by atoms with Crippen molar-refractivity contribution in [3.05, 3.63) is 70.8 Å². The fourth-order valence-electron chi connectivity index (χ4n) is 2.57. The SMILES string of the molecule is CC[C@H](NC(=O)COC(=O)c1ccc(COC)cc1)c1ccc(C)cc1. The standard InChI is InChI=1S/C21H25NO4/c1-4-19(17-9-5-15(2)6-10-17)22-20(23)14-26-21(24)18-11-7-16(8-12-18)13-25-3/h5-12,19H,4,13-14H2,1-3H3,(H,22,23)/t19-/m0/s1. The first-order chi connectivity index (χ1) is 12.5. The number of benzene rings is 2. The molecule has 138 valence electrons. The van der Waals surface area contributed by atoms with Gasteiger partial charge in [0, 0.05) is 7.11 Å². The molecule has 2 aromatic rings. The molecule has 2 aromatic carbocycles. The van der Waals surface area contributed by atoms with Gasteiger partial charge in [-0.1, -0.05) is 48.9 Å². The second kappa shape index (κ2) is 9.73. The number of methoxy groups -OCH3 is 1. The molecular formula is C21H25NO4. The number of nitrogens with one attached hydrogen (secondary N) is 1. The van der Waals surface area contributed by atoms with Gasteiger partial charge in [-0.05, 0) is 36.6 Å². The largest absolute Gasteiger partial charge is 0.452 e. The topological polar surface area (TPSA) is 64.6 Å². The third-order valence-corrected chi connectivity index (χ3v) is 4.06. The summed E-state index contributed by atoms with van der Waals surface area (Å²) < 4.78 is 10.1. The van der Waals surface area contributed by atoms with E-state index < -0.39 is 5.97 Å². The average molecular weight is 355 g/mol. The molecule has 0 heterocycles. The van der Waals surface area contributed by atoms with Gasteiger partial charge in [0.15, 0.2) is 6.61 Å². The van der Waals surface area contributed by atoms with E-state index in [1.165, 1.54) is 5.56 Å². The van der Waals surface area contributed by atoms with Crippen molar-refractivity contribution in [1.82, 2.24) is 5.32 Å². The molecule has 0 aliphatic heterocycles. The summed E-state index contributed by atoms with van der Waals surface area (Å²) in [5.74, 6) is -0.839. The molecule has 0 saturated heterocycles. The van der Waals surface area contributed by atoms with E-state index in [9.17, 15) is 9.59 Å². The van der Waals surface area contributed by atoms with Crippen molar-refractivity contribution in [3.8, 4) is 0 Å². The molecule has 0 bridgehead atoms. The molecule has 26 heavy (non-hydrogen) atoms. The van der Waals surface area contributed by atoms with Crippen molar-refractivity contribution in [2.75, 3.05) is 13.7 Å². The minimum absolute atomic E-state index is 0.102. The van der Waals surface area contributed by atoms with Crippen LogP contribution in [-0.2, 0) is 20.9 Å². The lowest BCUT2D eigenvalue weighted by Gasteiger charge is -2.17. The van der Waals surface area contributed by atoms with E-state index in [1.54, 1.807) is 31.4 Å². The molecule has 0 spiro atoms. The summed E-state index contributed by atoms with van der Waals surface area (Å²) in [4.78, 5) is 24.2. The summed E-state index contributed by atoms with van der Waals surface area (Å²) in [7, 11) is 1.61. The first-order valence-corrected chi connectivity index (χ1v) is 8.64. The Morgan fingerprint density at radius 1 is 1.04 bits per heavy atom. The molecule has 2 rings (SSSR count). The van der Waals surface area contributed by atoms with E-state index in [2.05, 4.69) is 5.32 Å². The molecule has 0 saturated carbocycles. The molecule has 1 N–H and O–H groups in total. The number of carbonyl (C=O) groups is 2. The number of ether oxygens (including phenoxy) is 2. The molecule has 5 heteroatoms.